The third-order valence-electron chi connectivity index (χ3n) is 4.52. The average Bonchev–Trinajstić information content (AvgIpc) is 2.99. The molecule has 0 amide bonds. The van der Waals surface area contributed by atoms with Gasteiger partial charge in [0.05, 0.1) is 0 Å². The Hall–Kier alpha value is -1.28. The van der Waals surface area contributed by atoms with Gasteiger partial charge in [-0.2, -0.15) is 0 Å². The third kappa shape index (κ3) is 2.42. The van der Waals surface area contributed by atoms with E-state index < -0.39 is 0 Å². The van der Waals surface area contributed by atoms with E-state index in [0.29, 0.717) is 17.9 Å². The molecular formula is C17H23NO. The Bertz CT molecular complexity index is 512. The van der Waals surface area contributed by atoms with Crippen molar-refractivity contribution in [3.05, 3.63) is 36.1 Å². The molecule has 1 aromatic carbocycles. The monoisotopic (exact) mass is 257 g/mol. The summed E-state index contributed by atoms with van der Waals surface area (Å²) in [7, 11) is 0. The minimum absolute atomic E-state index is 0.571. The van der Waals surface area contributed by atoms with E-state index in [1.807, 2.05) is 6.07 Å². The van der Waals surface area contributed by atoms with Crippen LogP contribution in [0.15, 0.2) is 34.7 Å². The lowest BCUT2D eigenvalue weighted by atomic mass is 9.93. The summed E-state index contributed by atoms with van der Waals surface area (Å²) >= 11 is 0. The van der Waals surface area contributed by atoms with E-state index >= 15 is 0 Å². The maximum Gasteiger partial charge on any atom is 0.134 e. The Labute approximate surface area is 115 Å². The summed E-state index contributed by atoms with van der Waals surface area (Å²) in [4.78, 5) is 0. The van der Waals surface area contributed by atoms with Gasteiger partial charge >= 0.3 is 0 Å². The summed E-state index contributed by atoms with van der Waals surface area (Å²) in [6.07, 6.45) is 3.71. The number of hydrogen-bond acceptors (Lipinski definition) is 2. The zero-order chi connectivity index (χ0) is 13.2. The minimum Gasteiger partial charge on any atom is -0.461 e. The Morgan fingerprint density at radius 3 is 2.89 bits per heavy atom. The van der Waals surface area contributed by atoms with Crippen LogP contribution in [0.1, 0.15) is 44.8 Å². The molecule has 19 heavy (non-hydrogen) atoms. The molecule has 0 spiro atoms. The molecule has 0 saturated heterocycles. The molecule has 0 bridgehead atoms. The van der Waals surface area contributed by atoms with E-state index in [4.69, 9.17) is 4.42 Å². The van der Waals surface area contributed by atoms with Gasteiger partial charge in [-0.25, -0.2) is 0 Å². The molecule has 1 heterocycles. The number of nitrogens with one attached hydrogen (secondary N) is 1. The van der Waals surface area contributed by atoms with Gasteiger partial charge < -0.3 is 9.73 Å². The molecule has 1 aliphatic carbocycles. The van der Waals surface area contributed by atoms with Crippen molar-refractivity contribution in [2.75, 3.05) is 6.54 Å². The predicted octanol–water partition coefficient (Wildman–Crippen LogP) is 4.31. The van der Waals surface area contributed by atoms with Crippen LogP contribution in [0.3, 0.4) is 0 Å². The molecule has 3 atom stereocenters. The number of hydrogen-bond donors (Lipinski definition) is 1. The van der Waals surface area contributed by atoms with E-state index in [1.54, 1.807) is 0 Å². The van der Waals surface area contributed by atoms with Crippen LogP contribution in [0.4, 0.5) is 0 Å². The quantitative estimate of drug-likeness (QED) is 0.882. The largest absolute Gasteiger partial charge is 0.461 e. The summed E-state index contributed by atoms with van der Waals surface area (Å²) in [5.74, 6) is 2.41. The molecule has 102 valence electrons. The van der Waals surface area contributed by atoms with Crippen LogP contribution in [0.25, 0.3) is 11.0 Å². The van der Waals surface area contributed by atoms with Gasteiger partial charge in [0.15, 0.2) is 0 Å². The molecule has 1 saturated carbocycles. The lowest BCUT2D eigenvalue weighted by molar-refractivity contribution is 0.374. The maximum atomic E-state index is 6.05. The standard InChI is InChI=1S/C17H23NO/c1-3-10-18-15-9-8-14(12(15)2)17-11-13-6-4-5-7-16(13)19-17/h4-7,11-12,14-15,18H,3,8-10H2,1-2H3. The van der Waals surface area contributed by atoms with Crippen LogP contribution in [-0.4, -0.2) is 12.6 Å². The van der Waals surface area contributed by atoms with Crippen molar-refractivity contribution >= 4 is 11.0 Å². The lowest BCUT2D eigenvalue weighted by Gasteiger charge is -2.20. The molecule has 1 fully saturated rings. The van der Waals surface area contributed by atoms with Gasteiger partial charge in [-0.15, -0.1) is 0 Å². The van der Waals surface area contributed by atoms with Gasteiger partial charge in [-0.3, -0.25) is 0 Å². The number of para-hydroxylation sites is 1. The highest BCUT2D eigenvalue weighted by atomic mass is 16.3. The molecule has 1 N–H and O–H groups in total. The highest BCUT2D eigenvalue weighted by Gasteiger charge is 2.35. The Morgan fingerprint density at radius 2 is 2.11 bits per heavy atom. The second kappa shape index (κ2) is 5.38. The van der Waals surface area contributed by atoms with Gasteiger partial charge in [-0.1, -0.05) is 32.0 Å². The van der Waals surface area contributed by atoms with Crippen molar-refractivity contribution in [2.24, 2.45) is 5.92 Å². The first-order valence-electron chi connectivity index (χ1n) is 7.51. The zero-order valence-electron chi connectivity index (χ0n) is 11.9. The second-order valence-electron chi connectivity index (χ2n) is 5.79. The third-order valence-corrected chi connectivity index (χ3v) is 4.52. The Morgan fingerprint density at radius 1 is 1.26 bits per heavy atom. The number of fused-ring (bicyclic) bond motifs is 1. The van der Waals surface area contributed by atoms with Crippen LogP contribution in [0, 0.1) is 5.92 Å². The Balaban J connectivity index is 1.79. The summed E-state index contributed by atoms with van der Waals surface area (Å²) in [5.41, 5.74) is 1.02. The van der Waals surface area contributed by atoms with Crippen molar-refractivity contribution in [3.63, 3.8) is 0 Å². The lowest BCUT2D eigenvalue weighted by Crippen LogP contribution is -2.32. The number of benzene rings is 1. The van der Waals surface area contributed by atoms with E-state index in [1.165, 1.54) is 30.4 Å². The van der Waals surface area contributed by atoms with Crippen molar-refractivity contribution in [1.29, 1.82) is 0 Å². The Kier molecular flexibility index (Phi) is 3.61. The van der Waals surface area contributed by atoms with Crippen LogP contribution < -0.4 is 5.32 Å². The molecule has 2 heteroatoms. The van der Waals surface area contributed by atoms with Crippen molar-refractivity contribution in [3.8, 4) is 0 Å². The SMILES string of the molecule is CCCNC1CCC(c2cc3ccccc3o2)C1C. The topological polar surface area (TPSA) is 25.2 Å². The van der Waals surface area contributed by atoms with Gasteiger partial charge in [0.25, 0.3) is 0 Å². The van der Waals surface area contributed by atoms with E-state index in [2.05, 4.69) is 43.4 Å². The summed E-state index contributed by atoms with van der Waals surface area (Å²) < 4.78 is 6.05. The predicted molar refractivity (Wildman–Crippen MR) is 79.4 cm³/mol. The maximum absolute atomic E-state index is 6.05. The van der Waals surface area contributed by atoms with Crippen LogP contribution in [0.5, 0.6) is 0 Å². The molecule has 1 aromatic heterocycles. The molecule has 3 rings (SSSR count). The highest BCUT2D eigenvalue weighted by Crippen LogP contribution is 2.41. The van der Waals surface area contributed by atoms with E-state index in [-0.39, 0.29) is 0 Å². The van der Waals surface area contributed by atoms with E-state index in [0.717, 1.165) is 12.1 Å². The number of rotatable bonds is 4. The zero-order valence-corrected chi connectivity index (χ0v) is 11.9. The molecule has 2 aromatic rings. The smallest absolute Gasteiger partial charge is 0.134 e. The van der Waals surface area contributed by atoms with Crippen molar-refractivity contribution < 1.29 is 4.42 Å². The van der Waals surface area contributed by atoms with Gasteiger partial charge in [0, 0.05) is 17.3 Å². The molecule has 0 radical (unpaired) electrons. The van der Waals surface area contributed by atoms with Crippen LogP contribution in [-0.2, 0) is 0 Å². The molecule has 2 nitrogen and oxygen atoms in total. The fraction of sp³-hybridized carbons (Fsp3) is 0.529. The van der Waals surface area contributed by atoms with Crippen LogP contribution >= 0.6 is 0 Å². The van der Waals surface area contributed by atoms with Gasteiger partial charge in [-0.05, 0) is 43.9 Å². The average molecular weight is 257 g/mol. The molecular weight excluding hydrogens is 234 g/mol. The first kappa shape index (κ1) is 12.7. The fourth-order valence-corrected chi connectivity index (χ4v) is 3.37. The van der Waals surface area contributed by atoms with Crippen LogP contribution in [0.2, 0.25) is 0 Å². The first-order chi connectivity index (χ1) is 9.29. The highest BCUT2D eigenvalue weighted by molar-refractivity contribution is 5.77. The fourth-order valence-electron chi connectivity index (χ4n) is 3.37. The van der Waals surface area contributed by atoms with Gasteiger partial charge in [0.2, 0.25) is 0 Å². The van der Waals surface area contributed by atoms with Gasteiger partial charge in [0.1, 0.15) is 11.3 Å². The van der Waals surface area contributed by atoms with Crippen molar-refractivity contribution in [1.82, 2.24) is 5.32 Å². The normalized spacial score (nSPS) is 27.2. The summed E-state index contributed by atoms with van der Waals surface area (Å²) in [6.45, 7) is 5.71. The number of furan rings is 1. The first-order valence-corrected chi connectivity index (χ1v) is 7.51. The molecule has 1 aliphatic rings. The molecule has 3 unspecified atom stereocenters. The summed E-state index contributed by atoms with van der Waals surface area (Å²) in [6, 6.07) is 11.2. The molecule has 0 aliphatic heterocycles. The second-order valence-corrected chi connectivity index (χ2v) is 5.79. The minimum atomic E-state index is 0.571. The van der Waals surface area contributed by atoms with E-state index in [9.17, 15) is 0 Å². The summed E-state index contributed by atoms with van der Waals surface area (Å²) in [5, 5.41) is 4.90. The van der Waals surface area contributed by atoms with Crippen molar-refractivity contribution in [2.45, 2.75) is 45.1 Å².